The van der Waals surface area contributed by atoms with Crippen molar-refractivity contribution in [1.82, 2.24) is 10.6 Å². The van der Waals surface area contributed by atoms with Crippen LogP contribution < -0.4 is 10.6 Å². The zero-order valence-electron chi connectivity index (χ0n) is 10.7. The Morgan fingerprint density at radius 3 is 2.32 bits per heavy atom. The Morgan fingerprint density at radius 1 is 1.16 bits per heavy atom. The van der Waals surface area contributed by atoms with Gasteiger partial charge in [0.1, 0.15) is 0 Å². The molecule has 2 N–H and O–H groups in total. The Labute approximate surface area is 113 Å². The molecule has 0 aromatic heterocycles. The molecule has 0 bridgehead atoms. The van der Waals surface area contributed by atoms with Crippen molar-refractivity contribution < 1.29 is 21.6 Å². The standard InChI is InChI=1S/C10H18N2O5S2/c1-10(3-5-19(16,17)7-10)12-9(13)11-8-2-4-18(14,15)6-8/h8H,2-7H2,1H3,(H2,11,12,13)/t8-,10-/m0/s1. The first-order valence-electron chi connectivity index (χ1n) is 6.09. The van der Waals surface area contributed by atoms with Gasteiger partial charge in [-0.1, -0.05) is 0 Å². The van der Waals surface area contributed by atoms with Crippen LogP contribution in [0.1, 0.15) is 19.8 Å². The van der Waals surface area contributed by atoms with Crippen LogP contribution in [-0.2, 0) is 19.7 Å². The molecule has 110 valence electrons. The van der Waals surface area contributed by atoms with Crippen molar-refractivity contribution in [3.05, 3.63) is 0 Å². The van der Waals surface area contributed by atoms with Crippen molar-refractivity contribution in [3.8, 4) is 0 Å². The summed E-state index contributed by atoms with van der Waals surface area (Å²) >= 11 is 0. The fourth-order valence-corrected chi connectivity index (χ4v) is 6.28. The van der Waals surface area contributed by atoms with Gasteiger partial charge in [-0.25, -0.2) is 21.6 Å². The second-order valence-electron chi connectivity index (χ2n) is 5.60. The maximum absolute atomic E-state index is 11.8. The number of rotatable bonds is 2. The molecule has 2 fully saturated rings. The van der Waals surface area contributed by atoms with Crippen molar-refractivity contribution >= 4 is 25.7 Å². The van der Waals surface area contributed by atoms with E-state index in [0.29, 0.717) is 12.8 Å². The van der Waals surface area contributed by atoms with E-state index in [4.69, 9.17) is 0 Å². The lowest BCUT2D eigenvalue weighted by Crippen LogP contribution is -2.53. The predicted molar refractivity (Wildman–Crippen MR) is 70.4 cm³/mol. The topological polar surface area (TPSA) is 109 Å². The second-order valence-corrected chi connectivity index (χ2v) is 10.0. The van der Waals surface area contributed by atoms with E-state index >= 15 is 0 Å². The van der Waals surface area contributed by atoms with E-state index in [2.05, 4.69) is 10.6 Å². The van der Waals surface area contributed by atoms with Crippen molar-refractivity contribution in [2.75, 3.05) is 23.0 Å². The van der Waals surface area contributed by atoms with Crippen LogP contribution in [0.5, 0.6) is 0 Å². The van der Waals surface area contributed by atoms with Gasteiger partial charge in [0, 0.05) is 6.04 Å². The van der Waals surface area contributed by atoms with Crippen LogP contribution in [0.25, 0.3) is 0 Å². The van der Waals surface area contributed by atoms with Gasteiger partial charge in [0.05, 0.1) is 28.6 Å². The van der Waals surface area contributed by atoms with Crippen LogP contribution in [0.4, 0.5) is 4.79 Å². The average Bonchev–Trinajstić information content (AvgIpc) is 2.66. The highest BCUT2D eigenvalue weighted by Gasteiger charge is 2.40. The summed E-state index contributed by atoms with van der Waals surface area (Å²) in [5.41, 5.74) is -0.763. The van der Waals surface area contributed by atoms with E-state index in [1.807, 2.05) is 0 Å². The van der Waals surface area contributed by atoms with Gasteiger partial charge in [-0.15, -0.1) is 0 Å². The molecule has 0 aliphatic carbocycles. The molecule has 9 heteroatoms. The Kier molecular flexibility index (Phi) is 3.54. The van der Waals surface area contributed by atoms with Gasteiger partial charge in [-0.05, 0) is 19.8 Å². The number of amides is 2. The van der Waals surface area contributed by atoms with Crippen LogP contribution >= 0.6 is 0 Å². The lowest BCUT2D eigenvalue weighted by Gasteiger charge is -2.25. The molecule has 0 saturated carbocycles. The van der Waals surface area contributed by atoms with Crippen molar-refractivity contribution in [3.63, 3.8) is 0 Å². The molecule has 0 aromatic rings. The summed E-state index contributed by atoms with van der Waals surface area (Å²) < 4.78 is 45.3. The zero-order valence-corrected chi connectivity index (χ0v) is 12.3. The van der Waals surface area contributed by atoms with Gasteiger partial charge in [-0.2, -0.15) is 0 Å². The monoisotopic (exact) mass is 310 g/mol. The van der Waals surface area contributed by atoms with Crippen molar-refractivity contribution in [2.24, 2.45) is 0 Å². The second kappa shape index (κ2) is 4.62. The smallest absolute Gasteiger partial charge is 0.315 e. The number of hydrogen-bond donors (Lipinski definition) is 2. The summed E-state index contributed by atoms with van der Waals surface area (Å²) in [6.07, 6.45) is 0.788. The van der Waals surface area contributed by atoms with E-state index in [-0.39, 0.29) is 29.1 Å². The highest BCUT2D eigenvalue weighted by atomic mass is 32.2. The molecule has 2 amide bonds. The lowest BCUT2D eigenvalue weighted by atomic mass is 10.0. The maximum Gasteiger partial charge on any atom is 0.315 e. The fourth-order valence-electron chi connectivity index (χ4n) is 2.51. The fraction of sp³-hybridized carbons (Fsp3) is 0.900. The minimum Gasteiger partial charge on any atom is -0.334 e. The Hall–Kier alpha value is -0.830. The maximum atomic E-state index is 11.8. The molecular formula is C10H18N2O5S2. The third-order valence-electron chi connectivity index (χ3n) is 3.49. The first-order chi connectivity index (χ1) is 8.59. The highest BCUT2D eigenvalue weighted by molar-refractivity contribution is 7.92. The average molecular weight is 310 g/mol. The molecule has 7 nitrogen and oxygen atoms in total. The van der Waals surface area contributed by atoms with Crippen molar-refractivity contribution in [1.29, 1.82) is 0 Å². The SMILES string of the molecule is C[C@]1(NC(=O)N[C@H]2CCS(=O)(=O)C2)CCS(=O)(=O)C1. The summed E-state index contributed by atoms with van der Waals surface area (Å²) in [5, 5.41) is 5.23. The molecule has 2 atom stereocenters. The normalized spacial score (nSPS) is 35.9. The molecule has 2 saturated heterocycles. The number of carbonyl (C=O) groups is 1. The van der Waals surface area contributed by atoms with Crippen LogP contribution in [0, 0.1) is 0 Å². The van der Waals surface area contributed by atoms with Crippen LogP contribution in [0.15, 0.2) is 0 Å². The highest BCUT2D eigenvalue weighted by Crippen LogP contribution is 2.22. The van der Waals surface area contributed by atoms with E-state index < -0.39 is 31.2 Å². The molecule has 2 aliphatic rings. The predicted octanol–water partition coefficient (Wildman–Crippen LogP) is -0.950. The van der Waals surface area contributed by atoms with E-state index in [1.54, 1.807) is 6.92 Å². The first-order valence-corrected chi connectivity index (χ1v) is 9.73. The largest absolute Gasteiger partial charge is 0.334 e. The quantitative estimate of drug-likeness (QED) is 0.683. The first kappa shape index (κ1) is 14.6. The minimum absolute atomic E-state index is 0.0462. The third kappa shape index (κ3) is 3.82. The summed E-state index contributed by atoms with van der Waals surface area (Å²) in [7, 11) is -6.12. The molecule has 0 unspecified atom stereocenters. The number of sulfone groups is 2. The van der Waals surface area contributed by atoms with E-state index in [0.717, 1.165) is 0 Å². The number of nitrogens with one attached hydrogen (secondary N) is 2. The summed E-state index contributed by atoms with van der Waals surface area (Å²) in [4.78, 5) is 11.8. The van der Waals surface area contributed by atoms with Crippen LogP contribution in [0.3, 0.4) is 0 Å². The number of carbonyl (C=O) groups excluding carboxylic acids is 1. The van der Waals surface area contributed by atoms with Gasteiger partial charge in [0.15, 0.2) is 19.7 Å². The van der Waals surface area contributed by atoms with Crippen molar-refractivity contribution in [2.45, 2.75) is 31.3 Å². The molecule has 0 radical (unpaired) electrons. The summed E-state index contributed by atoms with van der Waals surface area (Å²) in [6.45, 7) is 1.68. The molecule has 0 aromatic carbocycles. The lowest BCUT2D eigenvalue weighted by molar-refractivity contribution is 0.227. The van der Waals surface area contributed by atoms with E-state index in [1.165, 1.54) is 0 Å². The Morgan fingerprint density at radius 2 is 1.84 bits per heavy atom. The minimum atomic E-state index is -3.08. The van der Waals surface area contributed by atoms with Gasteiger partial charge < -0.3 is 10.6 Å². The van der Waals surface area contributed by atoms with Gasteiger partial charge in [0.25, 0.3) is 0 Å². The molecule has 0 spiro atoms. The van der Waals surface area contributed by atoms with E-state index in [9.17, 15) is 21.6 Å². The Balaban J connectivity index is 1.89. The number of urea groups is 1. The molecule has 2 aliphatic heterocycles. The third-order valence-corrected chi connectivity index (χ3v) is 7.16. The molecule has 19 heavy (non-hydrogen) atoms. The van der Waals surface area contributed by atoms with Crippen LogP contribution in [0.2, 0.25) is 0 Å². The summed E-state index contributed by atoms with van der Waals surface area (Å²) in [5.74, 6) is 0.0387. The zero-order chi connectivity index (χ0) is 14.3. The molecule has 2 rings (SSSR count). The Bertz CT molecular complexity index is 583. The van der Waals surface area contributed by atoms with Gasteiger partial charge in [-0.3, -0.25) is 0 Å². The molecule has 2 heterocycles. The van der Waals surface area contributed by atoms with Crippen LogP contribution in [-0.4, -0.2) is 57.5 Å². The molecular weight excluding hydrogens is 292 g/mol. The number of hydrogen-bond acceptors (Lipinski definition) is 5. The summed E-state index contributed by atoms with van der Waals surface area (Å²) in [6, 6.07) is -0.881. The van der Waals surface area contributed by atoms with Gasteiger partial charge in [0.2, 0.25) is 0 Å². The van der Waals surface area contributed by atoms with Gasteiger partial charge >= 0.3 is 6.03 Å².